The number of fused-ring (bicyclic) bond motifs is 3. The molecule has 2 bridgehead atoms. The van der Waals surface area contributed by atoms with Gasteiger partial charge in [-0.2, -0.15) is 12.6 Å². The number of nitrogens with zero attached hydrogens (tertiary/aromatic N) is 1. The predicted molar refractivity (Wildman–Crippen MR) is 101 cm³/mol. The molecule has 3 unspecified atom stereocenters. The van der Waals surface area contributed by atoms with Crippen LogP contribution in [0, 0.1) is 5.92 Å². The fraction of sp³-hybridized carbons (Fsp3) is 0.632. The molecule has 3 aliphatic rings. The lowest BCUT2D eigenvalue weighted by atomic mass is 9.72. The van der Waals surface area contributed by atoms with Crippen LogP contribution < -0.4 is 0 Å². The Kier molecular flexibility index (Phi) is 7.31. The second-order valence-electron chi connectivity index (χ2n) is 6.82. The van der Waals surface area contributed by atoms with Crippen LogP contribution in [0.2, 0.25) is 0 Å². The van der Waals surface area contributed by atoms with Crippen molar-refractivity contribution >= 4 is 18.6 Å². The lowest BCUT2D eigenvalue weighted by molar-refractivity contribution is -0.129. The zero-order valence-electron chi connectivity index (χ0n) is 15.0. The van der Waals surface area contributed by atoms with Crippen molar-refractivity contribution in [3.05, 3.63) is 35.9 Å². The minimum absolute atomic E-state index is 0.0129. The number of aliphatic hydroxyl groups is 1. The molecule has 0 aliphatic carbocycles. The van der Waals surface area contributed by atoms with Gasteiger partial charge in [0.05, 0.1) is 22.5 Å². The second kappa shape index (κ2) is 9.03. The van der Waals surface area contributed by atoms with Crippen molar-refractivity contribution in [1.82, 2.24) is 4.90 Å². The van der Waals surface area contributed by atoms with Crippen LogP contribution >= 0.6 is 12.6 Å². The van der Waals surface area contributed by atoms with Crippen LogP contribution in [0.15, 0.2) is 30.3 Å². The summed E-state index contributed by atoms with van der Waals surface area (Å²) in [5.74, 6) is -0.474. The highest BCUT2D eigenvalue weighted by Gasteiger charge is 2.50. The average molecular weight is 368 g/mol. The third-order valence-electron chi connectivity index (χ3n) is 5.18. The summed E-state index contributed by atoms with van der Waals surface area (Å²) in [6.45, 7) is 7.72. The van der Waals surface area contributed by atoms with Crippen LogP contribution in [0.25, 0.3) is 0 Å². The highest BCUT2D eigenvalue weighted by Crippen LogP contribution is 2.40. The van der Waals surface area contributed by atoms with Crippen molar-refractivity contribution in [3.63, 3.8) is 0 Å². The van der Waals surface area contributed by atoms with Crippen LogP contribution in [0.3, 0.4) is 0 Å². The summed E-state index contributed by atoms with van der Waals surface area (Å²) < 4.78 is 5.57. The van der Waals surface area contributed by atoms with E-state index in [2.05, 4.69) is 17.5 Å². The molecular weight excluding hydrogens is 338 g/mol. The van der Waals surface area contributed by atoms with Gasteiger partial charge in [0, 0.05) is 13.2 Å². The van der Waals surface area contributed by atoms with E-state index in [4.69, 9.17) is 9.84 Å². The molecule has 3 aliphatic heterocycles. The Morgan fingerprint density at radius 3 is 2.36 bits per heavy atom. The lowest BCUT2D eigenvalue weighted by Gasteiger charge is -2.53. The van der Waals surface area contributed by atoms with Crippen LogP contribution in [0.4, 0.5) is 0 Å². The Morgan fingerprint density at radius 1 is 1.36 bits per heavy atom. The molecule has 0 radical (unpaired) electrons. The number of benzene rings is 1. The van der Waals surface area contributed by atoms with Crippen molar-refractivity contribution in [2.24, 2.45) is 5.92 Å². The van der Waals surface area contributed by atoms with Gasteiger partial charge in [-0.05, 0) is 57.8 Å². The zero-order valence-corrected chi connectivity index (χ0v) is 15.9. The van der Waals surface area contributed by atoms with Crippen molar-refractivity contribution in [1.29, 1.82) is 0 Å². The van der Waals surface area contributed by atoms with Crippen molar-refractivity contribution in [2.75, 3.05) is 26.2 Å². The van der Waals surface area contributed by atoms with Crippen LogP contribution in [-0.2, 0) is 4.74 Å². The molecule has 4 rings (SSSR count). The third kappa shape index (κ3) is 4.97. The Morgan fingerprint density at radius 2 is 1.96 bits per heavy atom. The van der Waals surface area contributed by atoms with E-state index in [1.165, 1.54) is 0 Å². The van der Waals surface area contributed by atoms with E-state index in [-0.39, 0.29) is 11.4 Å². The molecule has 3 saturated heterocycles. The molecule has 1 aromatic rings. The van der Waals surface area contributed by atoms with E-state index in [0.29, 0.717) is 18.1 Å². The Labute approximate surface area is 155 Å². The normalized spacial score (nSPS) is 30.1. The van der Waals surface area contributed by atoms with Gasteiger partial charge in [0.25, 0.3) is 0 Å². The minimum atomic E-state index is -0.879. The highest BCUT2D eigenvalue weighted by atomic mass is 32.1. The molecule has 25 heavy (non-hydrogen) atoms. The summed E-state index contributed by atoms with van der Waals surface area (Å²) in [7, 11) is 0. The molecule has 3 fully saturated rings. The van der Waals surface area contributed by atoms with E-state index in [9.17, 15) is 9.90 Å². The van der Waals surface area contributed by atoms with E-state index in [0.717, 1.165) is 32.5 Å². The zero-order chi connectivity index (χ0) is 18.4. The van der Waals surface area contributed by atoms with Gasteiger partial charge in [-0.3, -0.25) is 0 Å². The molecule has 0 saturated carbocycles. The van der Waals surface area contributed by atoms with Crippen LogP contribution in [-0.4, -0.2) is 64.3 Å². The van der Waals surface area contributed by atoms with Crippen molar-refractivity contribution < 1.29 is 19.7 Å². The van der Waals surface area contributed by atoms with Gasteiger partial charge in [-0.25, -0.2) is 4.79 Å². The van der Waals surface area contributed by atoms with Crippen LogP contribution in [0.1, 0.15) is 37.0 Å². The van der Waals surface area contributed by atoms with Gasteiger partial charge in [-0.1, -0.05) is 18.2 Å². The fourth-order valence-corrected chi connectivity index (χ4v) is 4.13. The lowest BCUT2D eigenvalue weighted by Crippen LogP contribution is -2.65. The summed E-state index contributed by atoms with van der Waals surface area (Å²) in [6.07, 6.45) is 2.22. The second-order valence-corrected chi connectivity index (χ2v) is 7.37. The quantitative estimate of drug-likeness (QED) is 0.698. The van der Waals surface area contributed by atoms with Crippen molar-refractivity contribution in [2.45, 2.75) is 43.6 Å². The van der Waals surface area contributed by atoms with Gasteiger partial charge >= 0.3 is 5.97 Å². The van der Waals surface area contributed by atoms with Crippen LogP contribution in [0.5, 0.6) is 0 Å². The standard InChI is InChI=1S/C12H23NO2S.C7H6O2/c1-3-15-9(2)11(16)12(14)8-13-6-4-10(12)5-7-13;8-7(9)6-4-2-1-3-5-6/h9-11,14,16H,3-8H2,1-2H3;1-5H,(H,8,9). The van der Waals surface area contributed by atoms with E-state index < -0.39 is 11.6 Å². The first-order valence-electron chi connectivity index (χ1n) is 8.91. The smallest absolute Gasteiger partial charge is 0.335 e. The number of ether oxygens (including phenoxy) is 1. The number of hydrogen-bond acceptors (Lipinski definition) is 5. The molecule has 6 heteroatoms. The largest absolute Gasteiger partial charge is 0.478 e. The maximum atomic E-state index is 10.8. The van der Waals surface area contributed by atoms with Gasteiger partial charge in [0.2, 0.25) is 0 Å². The summed E-state index contributed by atoms with van der Waals surface area (Å²) in [4.78, 5) is 12.6. The number of thiol groups is 1. The molecule has 1 aromatic carbocycles. The van der Waals surface area contributed by atoms with Gasteiger partial charge in [-0.15, -0.1) is 0 Å². The monoisotopic (exact) mass is 367 g/mol. The van der Waals surface area contributed by atoms with E-state index in [1.807, 2.05) is 13.8 Å². The minimum Gasteiger partial charge on any atom is -0.478 e. The molecule has 140 valence electrons. The summed E-state index contributed by atoms with van der Waals surface area (Å²) in [6, 6.07) is 8.30. The van der Waals surface area contributed by atoms with Gasteiger partial charge in [0.1, 0.15) is 0 Å². The maximum Gasteiger partial charge on any atom is 0.335 e. The SMILES string of the molecule is CCOC(C)C(S)C1(O)CN2CCC1CC2.O=C(O)c1ccccc1. The number of rotatable bonds is 5. The Balaban J connectivity index is 0.000000212. The van der Waals surface area contributed by atoms with Crippen molar-refractivity contribution in [3.8, 4) is 0 Å². The maximum absolute atomic E-state index is 10.8. The van der Waals surface area contributed by atoms with Gasteiger partial charge in [0.15, 0.2) is 0 Å². The number of carbonyl (C=O) groups is 1. The Bertz CT molecular complexity index is 548. The number of aromatic carboxylic acids is 1. The molecule has 3 atom stereocenters. The fourth-order valence-electron chi connectivity index (χ4n) is 3.75. The average Bonchev–Trinajstić information content (AvgIpc) is 2.63. The first-order valence-corrected chi connectivity index (χ1v) is 9.42. The van der Waals surface area contributed by atoms with E-state index in [1.54, 1.807) is 30.3 Å². The van der Waals surface area contributed by atoms with Gasteiger partial charge < -0.3 is 19.8 Å². The number of hydrogen-bond donors (Lipinski definition) is 3. The molecule has 2 N–H and O–H groups in total. The summed E-state index contributed by atoms with van der Waals surface area (Å²) >= 11 is 4.62. The summed E-state index contributed by atoms with van der Waals surface area (Å²) in [5.41, 5.74) is -0.328. The first-order chi connectivity index (χ1) is 11.9. The third-order valence-corrected chi connectivity index (χ3v) is 6.05. The molecule has 3 heterocycles. The summed E-state index contributed by atoms with van der Waals surface area (Å²) in [5, 5.41) is 19.1. The van der Waals surface area contributed by atoms with E-state index >= 15 is 0 Å². The number of carboxylic acids is 1. The highest BCUT2D eigenvalue weighted by molar-refractivity contribution is 7.81. The molecule has 0 amide bonds. The molecular formula is C19H29NO4S. The number of carboxylic acid groups (broad SMARTS) is 1. The topological polar surface area (TPSA) is 70.0 Å². The molecule has 5 nitrogen and oxygen atoms in total. The Hall–Kier alpha value is -1.08. The number of piperidine rings is 3. The predicted octanol–water partition coefficient (Wildman–Crippen LogP) is 2.55. The molecule has 0 aromatic heterocycles. The first kappa shape index (κ1) is 20.2. The molecule has 0 spiro atoms.